The van der Waals surface area contributed by atoms with E-state index in [0.717, 1.165) is 17.6 Å². The van der Waals surface area contributed by atoms with Gasteiger partial charge in [-0.3, -0.25) is 0 Å². The van der Waals surface area contributed by atoms with Crippen molar-refractivity contribution in [2.75, 3.05) is 5.73 Å². The lowest BCUT2D eigenvalue weighted by Crippen LogP contribution is -2.03. The fourth-order valence-corrected chi connectivity index (χ4v) is 2.70. The number of hydrogen-bond donors (Lipinski definition) is 1. The molecule has 0 saturated heterocycles. The van der Waals surface area contributed by atoms with Crippen LogP contribution in [-0.2, 0) is 6.54 Å². The van der Waals surface area contributed by atoms with Gasteiger partial charge in [-0.15, -0.1) is 0 Å². The second kappa shape index (κ2) is 3.89. The first kappa shape index (κ1) is 10.4. The third-order valence-electron chi connectivity index (χ3n) is 2.93. The summed E-state index contributed by atoms with van der Waals surface area (Å²) in [6, 6.07) is 8.29. The Bertz CT molecular complexity index is 653. The zero-order chi connectivity index (χ0) is 11.8. The molecule has 17 heavy (non-hydrogen) atoms. The summed E-state index contributed by atoms with van der Waals surface area (Å²) in [6.45, 7) is 2.85. The molecule has 1 aromatic carbocycles. The fraction of sp³-hybridized carbons (Fsp3) is 0.154. The minimum atomic E-state index is 0.584. The number of nitrogen functional groups attached to an aromatic ring is 1. The Morgan fingerprint density at radius 2 is 2.24 bits per heavy atom. The first-order chi connectivity index (χ1) is 8.25. The Morgan fingerprint density at radius 1 is 1.35 bits per heavy atom. The summed E-state index contributed by atoms with van der Waals surface area (Å²) < 4.78 is 2.06. The Balaban J connectivity index is 2.16. The van der Waals surface area contributed by atoms with Gasteiger partial charge < -0.3 is 10.3 Å². The highest BCUT2D eigenvalue weighted by Crippen LogP contribution is 2.22. The Morgan fingerprint density at radius 3 is 3.00 bits per heavy atom. The van der Waals surface area contributed by atoms with Crippen LogP contribution in [0, 0.1) is 6.92 Å². The van der Waals surface area contributed by atoms with Crippen molar-refractivity contribution in [2.45, 2.75) is 13.5 Å². The first-order valence-corrected chi connectivity index (χ1v) is 6.42. The lowest BCUT2D eigenvalue weighted by atomic mass is 10.2. The van der Waals surface area contributed by atoms with Crippen LogP contribution < -0.4 is 5.73 Å². The summed E-state index contributed by atoms with van der Waals surface area (Å²) >= 11 is 1.70. The maximum atomic E-state index is 5.99. The van der Waals surface area contributed by atoms with Crippen LogP contribution in [0.2, 0.25) is 0 Å². The highest BCUT2D eigenvalue weighted by molar-refractivity contribution is 7.07. The van der Waals surface area contributed by atoms with E-state index in [1.807, 2.05) is 6.07 Å². The molecule has 4 heteroatoms. The van der Waals surface area contributed by atoms with Crippen molar-refractivity contribution in [1.82, 2.24) is 9.55 Å². The number of hydrogen-bond acceptors (Lipinski definition) is 3. The number of nitrogens with zero attached hydrogens (tertiary/aromatic N) is 2. The van der Waals surface area contributed by atoms with Gasteiger partial charge in [0.1, 0.15) is 0 Å². The second-order valence-corrected chi connectivity index (χ2v) is 4.91. The van der Waals surface area contributed by atoms with Crippen molar-refractivity contribution in [3.05, 3.63) is 46.2 Å². The molecule has 0 unspecified atom stereocenters. The number of para-hydroxylation sites is 1. The monoisotopic (exact) mass is 243 g/mol. The van der Waals surface area contributed by atoms with E-state index in [1.54, 1.807) is 11.3 Å². The molecule has 2 heterocycles. The highest BCUT2D eigenvalue weighted by Gasteiger charge is 2.09. The summed E-state index contributed by atoms with van der Waals surface area (Å²) in [5, 5.41) is 4.22. The summed E-state index contributed by atoms with van der Waals surface area (Å²) in [5.74, 6) is 0.584. The van der Waals surface area contributed by atoms with E-state index >= 15 is 0 Å². The van der Waals surface area contributed by atoms with Crippen molar-refractivity contribution in [2.24, 2.45) is 0 Å². The molecule has 0 amide bonds. The highest BCUT2D eigenvalue weighted by atomic mass is 32.1. The van der Waals surface area contributed by atoms with Crippen LogP contribution in [0.3, 0.4) is 0 Å². The molecule has 86 valence electrons. The summed E-state index contributed by atoms with van der Waals surface area (Å²) in [7, 11) is 0. The fourth-order valence-electron chi connectivity index (χ4n) is 2.04. The minimum Gasteiger partial charge on any atom is -0.369 e. The van der Waals surface area contributed by atoms with E-state index in [2.05, 4.69) is 45.4 Å². The molecule has 3 nitrogen and oxygen atoms in total. The van der Waals surface area contributed by atoms with Gasteiger partial charge in [-0.25, -0.2) is 4.98 Å². The zero-order valence-corrected chi connectivity index (χ0v) is 10.4. The molecule has 0 fully saturated rings. The molecule has 0 aliphatic carbocycles. The largest absolute Gasteiger partial charge is 0.369 e. The van der Waals surface area contributed by atoms with Crippen LogP contribution in [-0.4, -0.2) is 9.55 Å². The summed E-state index contributed by atoms with van der Waals surface area (Å²) in [4.78, 5) is 4.44. The molecule has 0 atom stereocenters. The molecule has 3 rings (SSSR count). The number of rotatable bonds is 2. The lowest BCUT2D eigenvalue weighted by Gasteiger charge is -2.04. The number of imidazole rings is 1. The van der Waals surface area contributed by atoms with E-state index in [0.29, 0.717) is 5.95 Å². The van der Waals surface area contributed by atoms with Gasteiger partial charge in [-0.2, -0.15) is 11.3 Å². The Labute approximate surface area is 104 Å². The van der Waals surface area contributed by atoms with Crippen molar-refractivity contribution in [3.63, 3.8) is 0 Å². The molecule has 2 N–H and O–H groups in total. The number of aryl methyl sites for hydroxylation is 1. The third-order valence-corrected chi connectivity index (χ3v) is 3.66. The van der Waals surface area contributed by atoms with Crippen molar-refractivity contribution >= 4 is 28.3 Å². The molecule has 0 saturated carbocycles. The average molecular weight is 243 g/mol. The van der Waals surface area contributed by atoms with Gasteiger partial charge in [0.25, 0.3) is 0 Å². The molecule has 0 bridgehead atoms. The van der Waals surface area contributed by atoms with Gasteiger partial charge in [0.15, 0.2) is 0 Å². The van der Waals surface area contributed by atoms with E-state index < -0.39 is 0 Å². The predicted molar refractivity (Wildman–Crippen MR) is 72.3 cm³/mol. The first-order valence-electron chi connectivity index (χ1n) is 5.48. The second-order valence-electron chi connectivity index (χ2n) is 4.13. The average Bonchev–Trinajstić information content (AvgIpc) is 2.91. The quantitative estimate of drug-likeness (QED) is 0.751. The van der Waals surface area contributed by atoms with Crippen LogP contribution in [0.25, 0.3) is 11.0 Å². The van der Waals surface area contributed by atoms with Gasteiger partial charge in [0.05, 0.1) is 17.6 Å². The van der Waals surface area contributed by atoms with Gasteiger partial charge >= 0.3 is 0 Å². The van der Waals surface area contributed by atoms with Crippen LogP contribution in [0.5, 0.6) is 0 Å². The number of benzene rings is 1. The number of nitrogens with two attached hydrogens (primary N) is 1. The smallest absolute Gasteiger partial charge is 0.201 e. The normalized spacial score (nSPS) is 11.1. The van der Waals surface area contributed by atoms with E-state index in [-0.39, 0.29) is 0 Å². The molecular formula is C13H13N3S. The molecule has 0 radical (unpaired) electrons. The van der Waals surface area contributed by atoms with Gasteiger partial charge in [-0.1, -0.05) is 12.1 Å². The molecular weight excluding hydrogens is 230 g/mol. The lowest BCUT2D eigenvalue weighted by molar-refractivity contribution is 0.842. The maximum Gasteiger partial charge on any atom is 0.201 e. The van der Waals surface area contributed by atoms with Crippen LogP contribution in [0.15, 0.2) is 35.0 Å². The molecule has 3 aromatic rings. The predicted octanol–water partition coefficient (Wildman–Crippen LogP) is 3.04. The maximum absolute atomic E-state index is 5.99. The summed E-state index contributed by atoms with van der Waals surface area (Å²) in [6.07, 6.45) is 0. The number of aromatic nitrogens is 2. The SMILES string of the molecule is Cc1cccc2c1nc(N)n2Cc1ccsc1. The Kier molecular flexibility index (Phi) is 2.37. The van der Waals surface area contributed by atoms with Crippen LogP contribution >= 0.6 is 11.3 Å². The van der Waals surface area contributed by atoms with Crippen LogP contribution in [0.1, 0.15) is 11.1 Å². The number of fused-ring (bicyclic) bond motifs is 1. The van der Waals surface area contributed by atoms with Crippen molar-refractivity contribution in [1.29, 1.82) is 0 Å². The van der Waals surface area contributed by atoms with E-state index in [9.17, 15) is 0 Å². The van der Waals surface area contributed by atoms with Crippen molar-refractivity contribution in [3.8, 4) is 0 Å². The van der Waals surface area contributed by atoms with Gasteiger partial charge in [0, 0.05) is 0 Å². The number of thiophene rings is 1. The van der Waals surface area contributed by atoms with E-state index in [4.69, 9.17) is 5.73 Å². The number of anilines is 1. The topological polar surface area (TPSA) is 43.8 Å². The molecule has 0 aliphatic heterocycles. The molecule has 0 spiro atoms. The minimum absolute atomic E-state index is 0.584. The molecule has 2 aromatic heterocycles. The Hall–Kier alpha value is -1.81. The summed E-state index contributed by atoms with van der Waals surface area (Å²) in [5.41, 5.74) is 10.5. The van der Waals surface area contributed by atoms with Crippen LogP contribution in [0.4, 0.5) is 5.95 Å². The zero-order valence-electron chi connectivity index (χ0n) is 9.55. The van der Waals surface area contributed by atoms with Gasteiger partial charge in [-0.05, 0) is 40.9 Å². The van der Waals surface area contributed by atoms with Gasteiger partial charge in [0.2, 0.25) is 5.95 Å². The third kappa shape index (κ3) is 1.70. The van der Waals surface area contributed by atoms with E-state index in [1.165, 1.54) is 11.1 Å². The molecule has 0 aliphatic rings. The standard InChI is InChI=1S/C13H13N3S/c1-9-3-2-4-11-12(9)15-13(14)16(11)7-10-5-6-17-8-10/h2-6,8H,7H2,1H3,(H2,14,15). The van der Waals surface area contributed by atoms with Crippen molar-refractivity contribution < 1.29 is 0 Å².